The minimum absolute atomic E-state index is 0.0926. The summed E-state index contributed by atoms with van der Waals surface area (Å²) < 4.78 is 5.61. The minimum Gasteiger partial charge on any atom is -0.388 e. The second-order valence-corrected chi connectivity index (χ2v) is 6.12. The van der Waals surface area contributed by atoms with Gasteiger partial charge >= 0.3 is 0 Å². The number of Topliss-reactive ketones (excluding diaryl/α,β-unsaturated/α-hetero) is 1. The van der Waals surface area contributed by atoms with Crippen LogP contribution < -0.4 is 5.32 Å². The van der Waals surface area contributed by atoms with Crippen molar-refractivity contribution in [3.63, 3.8) is 0 Å². The van der Waals surface area contributed by atoms with Crippen molar-refractivity contribution >= 4 is 22.3 Å². The van der Waals surface area contributed by atoms with Gasteiger partial charge < -0.3 is 25.4 Å². The van der Waals surface area contributed by atoms with E-state index in [1.54, 1.807) is 0 Å². The Kier molecular flexibility index (Phi) is 5.28. The van der Waals surface area contributed by atoms with Gasteiger partial charge in [0.15, 0.2) is 17.1 Å². The van der Waals surface area contributed by atoms with Crippen LogP contribution in [-0.4, -0.2) is 56.7 Å². The fraction of sp³-hybridized carbons (Fsp3) is 0.692. The lowest BCUT2D eigenvalue weighted by Gasteiger charge is -2.40. The number of aliphatic hydroxyl groups is 3. The number of carbonyl (C=O) groups excluding carboxylic acids is 1. The van der Waals surface area contributed by atoms with Crippen LogP contribution in [0.5, 0.6) is 0 Å². The third kappa shape index (κ3) is 3.58. The van der Waals surface area contributed by atoms with Gasteiger partial charge in [-0.15, -0.1) is 0 Å². The van der Waals surface area contributed by atoms with Crippen LogP contribution in [0.3, 0.4) is 0 Å². The summed E-state index contributed by atoms with van der Waals surface area (Å²) in [6.07, 6.45) is -2.34. The van der Waals surface area contributed by atoms with Crippen LogP contribution in [-0.2, 0) is 4.74 Å². The molecule has 2 heterocycles. The van der Waals surface area contributed by atoms with Gasteiger partial charge in [0.1, 0.15) is 18.3 Å². The fourth-order valence-electron chi connectivity index (χ4n) is 2.22. The first-order valence-corrected chi connectivity index (χ1v) is 7.68. The first-order chi connectivity index (χ1) is 9.93. The van der Waals surface area contributed by atoms with Gasteiger partial charge in [-0.1, -0.05) is 24.7 Å². The van der Waals surface area contributed by atoms with Gasteiger partial charge in [0.2, 0.25) is 0 Å². The monoisotopic (exact) mass is 316 g/mol. The van der Waals surface area contributed by atoms with E-state index in [2.05, 4.69) is 10.3 Å². The van der Waals surface area contributed by atoms with Crippen molar-refractivity contribution in [1.82, 2.24) is 4.98 Å². The van der Waals surface area contributed by atoms with E-state index in [-0.39, 0.29) is 5.78 Å². The molecule has 5 unspecified atom stereocenters. The summed E-state index contributed by atoms with van der Waals surface area (Å²) in [6, 6.07) is 0. The highest BCUT2D eigenvalue weighted by molar-refractivity contribution is 7.17. The lowest BCUT2D eigenvalue weighted by Crippen LogP contribution is -2.59. The maximum Gasteiger partial charge on any atom is 0.185 e. The van der Waals surface area contributed by atoms with Crippen molar-refractivity contribution < 1.29 is 24.9 Å². The fourth-order valence-corrected chi connectivity index (χ4v) is 2.96. The molecule has 5 atom stereocenters. The summed E-state index contributed by atoms with van der Waals surface area (Å²) in [5.41, 5.74) is 0. The average Bonchev–Trinajstić information content (AvgIpc) is 2.91. The number of hydrogen-bond acceptors (Lipinski definition) is 8. The van der Waals surface area contributed by atoms with Crippen LogP contribution in [0.25, 0.3) is 0 Å². The number of rotatable bonds is 5. The van der Waals surface area contributed by atoms with Crippen LogP contribution in [0.15, 0.2) is 6.20 Å². The SMILES string of the molecule is CCCC1OC(Nc2ncc(C(C)=O)s2)C(O)C(O)C1O. The molecule has 1 aliphatic rings. The molecule has 8 heteroatoms. The second-order valence-electron chi connectivity index (χ2n) is 5.09. The van der Waals surface area contributed by atoms with E-state index in [0.717, 1.165) is 17.8 Å². The molecule has 0 amide bonds. The van der Waals surface area contributed by atoms with Crippen molar-refractivity contribution in [1.29, 1.82) is 0 Å². The van der Waals surface area contributed by atoms with E-state index in [1.807, 2.05) is 6.92 Å². The number of nitrogens with one attached hydrogen (secondary N) is 1. The van der Waals surface area contributed by atoms with Gasteiger partial charge in [0, 0.05) is 6.92 Å². The molecule has 0 aliphatic carbocycles. The number of thiazole rings is 1. The van der Waals surface area contributed by atoms with E-state index in [4.69, 9.17) is 4.74 Å². The normalized spacial score (nSPS) is 32.9. The Morgan fingerprint density at radius 1 is 1.38 bits per heavy atom. The number of hydrogen-bond donors (Lipinski definition) is 4. The minimum atomic E-state index is -1.29. The third-order valence-electron chi connectivity index (χ3n) is 3.40. The molecule has 118 valence electrons. The molecular weight excluding hydrogens is 296 g/mol. The van der Waals surface area contributed by atoms with Crippen LogP contribution in [0, 0.1) is 0 Å². The molecule has 21 heavy (non-hydrogen) atoms. The number of carbonyl (C=O) groups is 1. The van der Waals surface area contributed by atoms with Gasteiger partial charge in [-0.2, -0.15) is 0 Å². The zero-order valence-electron chi connectivity index (χ0n) is 11.9. The molecule has 1 saturated heterocycles. The van der Waals surface area contributed by atoms with E-state index >= 15 is 0 Å². The molecule has 1 aromatic heterocycles. The molecular formula is C13H20N2O5S. The largest absolute Gasteiger partial charge is 0.388 e. The van der Waals surface area contributed by atoms with Crippen molar-refractivity contribution in [3.05, 3.63) is 11.1 Å². The molecule has 1 aromatic rings. The zero-order valence-corrected chi connectivity index (χ0v) is 12.7. The van der Waals surface area contributed by atoms with Gasteiger partial charge in [-0.3, -0.25) is 4.79 Å². The highest BCUT2D eigenvalue weighted by Crippen LogP contribution is 2.27. The van der Waals surface area contributed by atoms with E-state index < -0.39 is 30.6 Å². The molecule has 4 N–H and O–H groups in total. The van der Waals surface area contributed by atoms with Crippen LogP contribution in [0.2, 0.25) is 0 Å². The van der Waals surface area contributed by atoms with Crippen LogP contribution in [0.4, 0.5) is 5.13 Å². The highest BCUT2D eigenvalue weighted by Gasteiger charge is 2.43. The number of ether oxygens (including phenoxy) is 1. The Morgan fingerprint density at radius 2 is 2.10 bits per heavy atom. The number of aromatic nitrogens is 1. The molecule has 1 fully saturated rings. The Labute approximate surface area is 126 Å². The first-order valence-electron chi connectivity index (χ1n) is 6.87. The standard InChI is InChI=1S/C13H20N2O5S/c1-3-4-7-9(17)10(18)11(19)12(20-7)15-13-14-5-8(21-13)6(2)16/h5,7,9-12,17-19H,3-4H2,1-2H3,(H,14,15). The van der Waals surface area contributed by atoms with Gasteiger partial charge in [0.05, 0.1) is 17.2 Å². The lowest BCUT2D eigenvalue weighted by atomic mass is 9.95. The molecule has 1 aliphatic heterocycles. The predicted octanol–water partition coefficient (Wildman–Crippen LogP) is 0.365. The van der Waals surface area contributed by atoms with E-state index in [1.165, 1.54) is 13.1 Å². The molecule has 0 radical (unpaired) electrons. The number of nitrogens with zero attached hydrogens (tertiary/aromatic N) is 1. The quantitative estimate of drug-likeness (QED) is 0.580. The van der Waals surface area contributed by atoms with Crippen molar-refractivity contribution in [2.45, 2.75) is 57.3 Å². The molecule has 7 nitrogen and oxygen atoms in total. The summed E-state index contributed by atoms with van der Waals surface area (Å²) in [5, 5.41) is 33.0. The Morgan fingerprint density at radius 3 is 2.67 bits per heavy atom. The topological polar surface area (TPSA) is 112 Å². The van der Waals surface area contributed by atoms with Gasteiger partial charge in [-0.05, 0) is 6.42 Å². The van der Waals surface area contributed by atoms with Crippen molar-refractivity contribution in [3.8, 4) is 0 Å². The summed E-state index contributed by atoms with van der Waals surface area (Å²) in [7, 11) is 0. The number of aliphatic hydroxyl groups excluding tert-OH is 3. The third-order valence-corrected chi connectivity index (χ3v) is 4.43. The summed E-state index contributed by atoms with van der Waals surface area (Å²) in [4.78, 5) is 15.8. The Balaban J connectivity index is 2.08. The summed E-state index contributed by atoms with van der Waals surface area (Å²) in [6.45, 7) is 3.39. The molecule has 0 bridgehead atoms. The average molecular weight is 316 g/mol. The van der Waals surface area contributed by atoms with Crippen LogP contribution >= 0.6 is 11.3 Å². The summed E-state index contributed by atoms with van der Waals surface area (Å²) >= 11 is 1.15. The number of ketones is 1. The second kappa shape index (κ2) is 6.80. The smallest absolute Gasteiger partial charge is 0.185 e. The van der Waals surface area contributed by atoms with E-state index in [0.29, 0.717) is 16.4 Å². The molecule has 0 spiro atoms. The molecule has 0 aromatic carbocycles. The summed E-state index contributed by atoms with van der Waals surface area (Å²) in [5.74, 6) is -0.0926. The van der Waals surface area contributed by atoms with Gasteiger partial charge in [-0.25, -0.2) is 4.98 Å². The van der Waals surface area contributed by atoms with E-state index in [9.17, 15) is 20.1 Å². The maximum atomic E-state index is 11.2. The van der Waals surface area contributed by atoms with Crippen molar-refractivity contribution in [2.24, 2.45) is 0 Å². The Hall–Kier alpha value is -1.06. The number of anilines is 1. The zero-order chi connectivity index (χ0) is 15.6. The predicted molar refractivity (Wildman–Crippen MR) is 77.3 cm³/mol. The van der Waals surface area contributed by atoms with Crippen molar-refractivity contribution in [2.75, 3.05) is 5.32 Å². The lowest BCUT2D eigenvalue weighted by molar-refractivity contribution is -0.215. The maximum absolute atomic E-state index is 11.2. The first kappa shape index (κ1) is 16.3. The van der Waals surface area contributed by atoms with Gasteiger partial charge in [0.25, 0.3) is 0 Å². The Bertz CT molecular complexity index is 495. The highest BCUT2D eigenvalue weighted by atomic mass is 32.1. The molecule has 0 saturated carbocycles. The van der Waals surface area contributed by atoms with Crippen LogP contribution in [0.1, 0.15) is 36.4 Å². The molecule has 2 rings (SSSR count).